The molecule has 3 N–H and O–H groups in total. The maximum absolute atomic E-state index is 11.1. The summed E-state index contributed by atoms with van der Waals surface area (Å²) in [6.07, 6.45) is 6.57. The molecule has 0 radical (unpaired) electrons. The zero-order chi connectivity index (χ0) is 20.7. The second kappa shape index (κ2) is 9.92. The molecule has 0 aromatic carbocycles. The Hall–Kier alpha value is -2.07. The summed E-state index contributed by atoms with van der Waals surface area (Å²) in [5.41, 5.74) is 0.440. The molecule has 0 saturated heterocycles. The van der Waals surface area contributed by atoms with E-state index in [-0.39, 0.29) is 17.5 Å². The molecule has 10 heteroatoms. The number of ether oxygens (including phenoxy) is 1. The molecule has 0 amide bonds. The number of aliphatic imine (C=N–C) groups is 1. The van der Waals surface area contributed by atoms with Crippen LogP contribution < -0.4 is 10.6 Å². The van der Waals surface area contributed by atoms with Crippen molar-refractivity contribution < 1.29 is 9.84 Å². The SMILES string of the molecule is CC1C=C(Cl)N=C(Nc2cnn(CCCNC(O)OC(C)(C)C)c2)C(N=O)=C1. The van der Waals surface area contributed by atoms with E-state index in [1.165, 1.54) is 0 Å². The average molecular weight is 411 g/mol. The third-order valence-electron chi connectivity index (χ3n) is 3.62. The molecule has 28 heavy (non-hydrogen) atoms. The molecular weight excluding hydrogens is 384 g/mol. The summed E-state index contributed by atoms with van der Waals surface area (Å²) >= 11 is 6.05. The highest BCUT2D eigenvalue weighted by Crippen LogP contribution is 2.20. The van der Waals surface area contributed by atoms with Crippen LogP contribution in [0.3, 0.4) is 0 Å². The van der Waals surface area contributed by atoms with Crippen LogP contribution in [0.4, 0.5) is 5.69 Å². The number of nitrogens with zero attached hydrogens (tertiary/aromatic N) is 4. The molecule has 0 saturated carbocycles. The van der Waals surface area contributed by atoms with Crippen LogP contribution in [0, 0.1) is 10.8 Å². The highest BCUT2D eigenvalue weighted by Gasteiger charge is 2.16. The molecule has 1 aromatic heterocycles. The normalized spacial score (nSPS) is 18.6. The maximum Gasteiger partial charge on any atom is 0.214 e. The molecule has 2 heterocycles. The van der Waals surface area contributed by atoms with E-state index in [1.807, 2.05) is 27.7 Å². The third kappa shape index (κ3) is 7.51. The van der Waals surface area contributed by atoms with E-state index < -0.39 is 12.0 Å². The van der Waals surface area contributed by atoms with Crippen molar-refractivity contribution in [2.24, 2.45) is 16.1 Å². The molecule has 2 atom stereocenters. The van der Waals surface area contributed by atoms with E-state index in [1.54, 1.807) is 29.2 Å². The standard InChI is InChI=1S/C18H27ClN6O3/c1-12-8-14(24-27)16(23-15(19)9-12)22-13-10-21-25(11-13)7-5-6-20-17(26)28-18(2,3)4/h8-12,17,20,26H,5-7H2,1-4H3,(H,22,23). The van der Waals surface area contributed by atoms with Crippen molar-refractivity contribution >= 4 is 23.1 Å². The summed E-state index contributed by atoms with van der Waals surface area (Å²) in [7, 11) is 0. The fourth-order valence-electron chi connectivity index (χ4n) is 2.49. The van der Waals surface area contributed by atoms with E-state index in [9.17, 15) is 10.0 Å². The van der Waals surface area contributed by atoms with E-state index in [2.05, 4.69) is 25.9 Å². The van der Waals surface area contributed by atoms with Gasteiger partial charge in [-0.1, -0.05) is 18.5 Å². The predicted molar refractivity (Wildman–Crippen MR) is 110 cm³/mol. The van der Waals surface area contributed by atoms with Gasteiger partial charge in [0.2, 0.25) is 6.41 Å². The number of halogens is 1. The molecule has 0 aliphatic carbocycles. The highest BCUT2D eigenvalue weighted by atomic mass is 35.5. The molecule has 0 fully saturated rings. The number of hydrogen-bond acceptors (Lipinski definition) is 8. The quantitative estimate of drug-likeness (QED) is 0.262. The molecule has 2 unspecified atom stereocenters. The minimum Gasteiger partial charge on any atom is -0.356 e. The molecule has 2 rings (SSSR count). The van der Waals surface area contributed by atoms with Crippen molar-refractivity contribution in [3.63, 3.8) is 0 Å². The summed E-state index contributed by atoms with van der Waals surface area (Å²) in [5.74, 6) is 0.236. The fraction of sp³-hybridized carbons (Fsp3) is 0.556. The molecule has 1 aliphatic rings. The number of nitroso groups, excluding NO2 is 1. The topological polar surface area (TPSA) is 113 Å². The molecule has 0 spiro atoms. The number of anilines is 1. The Balaban J connectivity index is 1.86. The molecule has 9 nitrogen and oxygen atoms in total. The molecule has 1 aliphatic heterocycles. The zero-order valence-electron chi connectivity index (χ0n) is 16.5. The number of aliphatic hydroxyl groups is 1. The lowest BCUT2D eigenvalue weighted by molar-refractivity contribution is -0.181. The van der Waals surface area contributed by atoms with Gasteiger partial charge in [0.25, 0.3) is 0 Å². The summed E-state index contributed by atoms with van der Waals surface area (Å²) in [5, 5.41) is 23.3. The first kappa shape index (κ1) is 22.2. The van der Waals surface area contributed by atoms with Gasteiger partial charge >= 0.3 is 0 Å². The van der Waals surface area contributed by atoms with E-state index >= 15 is 0 Å². The predicted octanol–water partition coefficient (Wildman–Crippen LogP) is 3.14. The Morgan fingerprint density at radius 3 is 2.86 bits per heavy atom. The molecule has 154 valence electrons. The van der Waals surface area contributed by atoms with Crippen molar-refractivity contribution in [1.82, 2.24) is 15.1 Å². The number of rotatable bonds is 8. The first-order valence-corrected chi connectivity index (χ1v) is 9.44. The molecule has 0 bridgehead atoms. The van der Waals surface area contributed by atoms with Gasteiger partial charge in [0.05, 0.1) is 17.5 Å². The van der Waals surface area contributed by atoms with E-state index in [0.717, 1.165) is 6.42 Å². The van der Waals surface area contributed by atoms with Crippen molar-refractivity contribution in [3.05, 3.63) is 40.3 Å². The van der Waals surface area contributed by atoms with E-state index in [4.69, 9.17) is 16.3 Å². The van der Waals surface area contributed by atoms with E-state index in [0.29, 0.717) is 23.9 Å². The van der Waals surface area contributed by atoms with Gasteiger partial charge in [0.1, 0.15) is 10.9 Å². The Labute approximate surface area is 169 Å². The monoisotopic (exact) mass is 410 g/mol. The third-order valence-corrected chi connectivity index (χ3v) is 3.84. The lowest BCUT2D eigenvalue weighted by Gasteiger charge is -2.24. The fourth-order valence-corrected chi connectivity index (χ4v) is 2.77. The lowest BCUT2D eigenvalue weighted by Crippen LogP contribution is -2.38. The second-order valence-electron chi connectivity index (χ2n) is 7.46. The first-order chi connectivity index (χ1) is 13.2. The second-order valence-corrected chi connectivity index (χ2v) is 7.85. The Kier molecular flexibility index (Phi) is 7.88. The van der Waals surface area contributed by atoms with Gasteiger partial charge in [-0.2, -0.15) is 5.10 Å². The number of amidine groups is 1. The summed E-state index contributed by atoms with van der Waals surface area (Å²) in [6, 6.07) is 0. The summed E-state index contributed by atoms with van der Waals surface area (Å²) in [4.78, 5) is 15.3. The number of nitrogens with one attached hydrogen (secondary N) is 2. The molecular formula is C18H27ClN6O3. The van der Waals surface area contributed by atoms with Gasteiger partial charge in [0, 0.05) is 19.3 Å². The van der Waals surface area contributed by atoms with Crippen LogP contribution in [0.5, 0.6) is 0 Å². The van der Waals surface area contributed by atoms with Crippen LogP contribution in [0.15, 0.2) is 45.6 Å². The van der Waals surface area contributed by atoms with Crippen LogP contribution >= 0.6 is 11.6 Å². The van der Waals surface area contributed by atoms with Crippen LogP contribution in [0.25, 0.3) is 0 Å². The molecule has 1 aromatic rings. The Bertz CT molecular complexity index is 766. The van der Waals surface area contributed by atoms with Gasteiger partial charge in [0.15, 0.2) is 5.84 Å². The largest absolute Gasteiger partial charge is 0.356 e. The average Bonchev–Trinajstić information content (AvgIpc) is 2.96. The van der Waals surface area contributed by atoms with Crippen LogP contribution in [-0.2, 0) is 11.3 Å². The Morgan fingerprint density at radius 2 is 2.18 bits per heavy atom. The van der Waals surface area contributed by atoms with Gasteiger partial charge < -0.3 is 15.2 Å². The van der Waals surface area contributed by atoms with Crippen LogP contribution in [0.1, 0.15) is 34.1 Å². The number of aliphatic hydroxyl groups excluding tert-OH is 1. The maximum atomic E-state index is 11.1. The van der Waals surface area contributed by atoms with Crippen molar-refractivity contribution in [2.45, 2.75) is 52.7 Å². The van der Waals surface area contributed by atoms with Gasteiger partial charge in [-0.05, 0) is 50.4 Å². The minimum absolute atomic E-state index is 0.0453. The van der Waals surface area contributed by atoms with Crippen molar-refractivity contribution in [1.29, 1.82) is 0 Å². The lowest BCUT2D eigenvalue weighted by atomic mass is 10.1. The minimum atomic E-state index is -1.01. The van der Waals surface area contributed by atoms with Crippen LogP contribution in [0.2, 0.25) is 0 Å². The number of aromatic nitrogens is 2. The zero-order valence-corrected chi connectivity index (χ0v) is 17.3. The van der Waals surface area contributed by atoms with Gasteiger partial charge in [-0.25, -0.2) is 4.99 Å². The van der Waals surface area contributed by atoms with Crippen molar-refractivity contribution in [3.8, 4) is 0 Å². The van der Waals surface area contributed by atoms with Crippen LogP contribution in [-0.4, -0.2) is 39.3 Å². The summed E-state index contributed by atoms with van der Waals surface area (Å²) < 4.78 is 7.12. The van der Waals surface area contributed by atoms with Crippen molar-refractivity contribution in [2.75, 3.05) is 11.9 Å². The Morgan fingerprint density at radius 1 is 1.43 bits per heavy atom. The summed E-state index contributed by atoms with van der Waals surface area (Å²) in [6.45, 7) is 8.71. The van der Waals surface area contributed by atoms with Gasteiger partial charge in [-0.15, -0.1) is 4.91 Å². The number of aryl methyl sites for hydroxylation is 1. The number of hydrogen-bond donors (Lipinski definition) is 3. The highest BCUT2D eigenvalue weighted by molar-refractivity contribution is 6.30. The van der Waals surface area contributed by atoms with Gasteiger partial charge in [-0.3, -0.25) is 10.00 Å². The first-order valence-electron chi connectivity index (χ1n) is 9.06. The number of allylic oxidation sites excluding steroid dienone is 2. The smallest absolute Gasteiger partial charge is 0.214 e.